The lowest BCUT2D eigenvalue weighted by atomic mass is 10.1. The minimum Gasteiger partial charge on any atom is -0.337 e. The van der Waals surface area contributed by atoms with Crippen molar-refractivity contribution in [3.8, 4) is 11.4 Å². The van der Waals surface area contributed by atoms with Crippen LogP contribution in [0.2, 0.25) is 0 Å². The van der Waals surface area contributed by atoms with Crippen LogP contribution in [0.25, 0.3) is 11.4 Å². The molecule has 0 amide bonds. The summed E-state index contributed by atoms with van der Waals surface area (Å²) in [6.07, 6.45) is -0.569. The number of hydrogen-bond acceptors (Lipinski definition) is 6. The maximum atomic E-state index is 13.1. The third kappa shape index (κ3) is 5.50. The molecule has 7 nitrogen and oxygen atoms in total. The van der Waals surface area contributed by atoms with Gasteiger partial charge < -0.3 is 9.09 Å². The molecule has 1 unspecified atom stereocenters. The SMILES string of the molecule is CC(c1nc(-c2cccc(C(F)(F)F)c2)no1)N1CCN(Cc2nccn2Cc2ccccc2)CC1. The molecule has 1 aliphatic rings. The molecule has 1 aliphatic heterocycles. The molecule has 0 saturated carbocycles. The molecule has 1 fully saturated rings. The molecular weight excluding hydrogens is 469 g/mol. The van der Waals surface area contributed by atoms with E-state index in [1.807, 2.05) is 37.5 Å². The molecule has 5 rings (SSSR count). The Morgan fingerprint density at radius 2 is 1.75 bits per heavy atom. The van der Waals surface area contributed by atoms with Gasteiger partial charge in [0.2, 0.25) is 11.7 Å². The highest BCUT2D eigenvalue weighted by Gasteiger charge is 2.31. The van der Waals surface area contributed by atoms with Gasteiger partial charge in [0.05, 0.1) is 18.2 Å². The summed E-state index contributed by atoms with van der Waals surface area (Å²) >= 11 is 0. The summed E-state index contributed by atoms with van der Waals surface area (Å²) in [4.78, 5) is 13.6. The van der Waals surface area contributed by atoms with E-state index < -0.39 is 11.7 Å². The summed E-state index contributed by atoms with van der Waals surface area (Å²) < 4.78 is 46.8. The Hall–Kier alpha value is -3.50. The van der Waals surface area contributed by atoms with Crippen LogP contribution in [0.5, 0.6) is 0 Å². The van der Waals surface area contributed by atoms with E-state index in [0.717, 1.165) is 57.2 Å². The van der Waals surface area contributed by atoms with Crippen LogP contribution in [0.4, 0.5) is 13.2 Å². The molecule has 1 atom stereocenters. The van der Waals surface area contributed by atoms with E-state index in [1.54, 1.807) is 6.07 Å². The van der Waals surface area contributed by atoms with Gasteiger partial charge in [-0.15, -0.1) is 0 Å². The van der Waals surface area contributed by atoms with Crippen LogP contribution in [0.3, 0.4) is 0 Å². The number of nitrogens with zero attached hydrogens (tertiary/aromatic N) is 6. The summed E-state index contributed by atoms with van der Waals surface area (Å²) in [6, 6.07) is 15.1. The summed E-state index contributed by atoms with van der Waals surface area (Å²) in [5, 5.41) is 3.93. The van der Waals surface area contributed by atoms with Crippen molar-refractivity contribution < 1.29 is 17.7 Å². The first-order valence-corrected chi connectivity index (χ1v) is 11.9. The van der Waals surface area contributed by atoms with Crippen molar-refractivity contribution in [3.05, 3.63) is 89.8 Å². The van der Waals surface area contributed by atoms with Crippen LogP contribution in [0, 0.1) is 0 Å². The molecule has 188 valence electrons. The second kappa shape index (κ2) is 10.2. The Balaban J connectivity index is 1.18. The molecule has 4 aromatic rings. The highest BCUT2D eigenvalue weighted by atomic mass is 19.4. The van der Waals surface area contributed by atoms with Crippen molar-refractivity contribution in [1.82, 2.24) is 29.5 Å². The zero-order valence-corrected chi connectivity index (χ0v) is 19.9. The summed E-state index contributed by atoms with van der Waals surface area (Å²) in [6.45, 7) is 6.87. The van der Waals surface area contributed by atoms with Crippen molar-refractivity contribution in [2.24, 2.45) is 0 Å². The first-order valence-electron chi connectivity index (χ1n) is 11.9. The maximum Gasteiger partial charge on any atom is 0.416 e. The Morgan fingerprint density at radius 1 is 0.972 bits per heavy atom. The number of alkyl halides is 3. The summed E-state index contributed by atoms with van der Waals surface area (Å²) in [7, 11) is 0. The number of rotatable bonds is 7. The molecular formula is C26H27F3N6O. The minimum absolute atomic E-state index is 0.140. The minimum atomic E-state index is -4.42. The number of halogens is 3. The molecule has 0 aliphatic carbocycles. The molecule has 10 heteroatoms. The zero-order chi connectivity index (χ0) is 25.1. The highest BCUT2D eigenvalue weighted by Crippen LogP contribution is 2.32. The van der Waals surface area contributed by atoms with Gasteiger partial charge in [-0.1, -0.05) is 47.6 Å². The van der Waals surface area contributed by atoms with Crippen LogP contribution in [0.1, 0.15) is 35.8 Å². The lowest BCUT2D eigenvalue weighted by Gasteiger charge is -2.36. The predicted octanol–water partition coefficient (Wildman–Crippen LogP) is 4.88. The van der Waals surface area contributed by atoms with Gasteiger partial charge in [0.25, 0.3) is 0 Å². The number of aromatic nitrogens is 4. The Morgan fingerprint density at radius 3 is 2.50 bits per heavy atom. The van der Waals surface area contributed by atoms with Crippen molar-refractivity contribution >= 4 is 0 Å². The van der Waals surface area contributed by atoms with E-state index in [4.69, 9.17) is 4.52 Å². The monoisotopic (exact) mass is 496 g/mol. The molecule has 3 heterocycles. The van der Waals surface area contributed by atoms with E-state index >= 15 is 0 Å². The fourth-order valence-corrected chi connectivity index (χ4v) is 4.44. The molecule has 0 spiro atoms. The van der Waals surface area contributed by atoms with E-state index in [1.165, 1.54) is 11.6 Å². The topological polar surface area (TPSA) is 63.2 Å². The first kappa shape index (κ1) is 24.2. The van der Waals surface area contributed by atoms with E-state index in [-0.39, 0.29) is 17.4 Å². The van der Waals surface area contributed by atoms with E-state index in [0.29, 0.717) is 5.89 Å². The van der Waals surface area contributed by atoms with Gasteiger partial charge in [-0.2, -0.15) is 18.2 Å². The van der Waals surface area contributed by atoms with Crippen LogP contribution in [-0.2, 0) is 19.3 Å². The van der Waals surface area contributed by atoms with Crippen LogP contribution in [0.15, 0.2) is 71.5 Å². The Labute approximate surface area is 207 Å². The smallest absolute Gasteiger partial charge is 0.337 e. The molecule has 0 N–H and O–H groups in total. The van der Waals surface area contributed by atoms with Gasteiger partial charge in [0, 0.05) is 50.7 Å². The molecule has 2 aromatic heterocycles. The van der Waals surface area contributed by atoms with Crippen LogP contribution >= 0.6 is 0 Å². The maximum absolute atomic E-state index is 13.1. The van der Waals surface area contributed by atoms with Crippen molar-refractivity contribution in [1.29, 1.82) is 0 Å². The van der Waals surface area contributed by atoms with E-state index in [9.17, 15) is 13.2 Å². The Bertz CT molecular complexity index is 1280. The quantitative estimate of drug-likeness (QED) is 0.364. The van der Waals surface area contributed by atoms with Crippen molar-refractivity contribution in [2.75, 3.05) is 26.2 Å². The van der Waals surface area contributed by atoms with Gasteiger partial charge in [0.15, 0.2) is 0 Å². The van der Waals surface area contributed by atoms with Gasteiger partial charge in [-0.25, -0.2) is 4.98 Å². The first-order chi connectivity index (χ1) is 17.4. The van der Waals surface area contributed by atoms with Crippen molar-refractivity contribution in [2.45, 2.75) is 32.2 Å². The molecule has 36 heavy (non-hydrogen) atoms. The molecule has 0 radical (unpaired) electrons. The largest absolute Gasteiger partial charge is 0.416 e. The fourth-order valence-electron chi connectivity index (χ4n) is 4.44. The van der Waals surface area contributed by atoms with Gasteiger partial charge in [-0.3, -0.25) is 9.80 Å². The third-order valence-corrected chi connectivity index (χ3v) is 6.56. The molecule has 0 bridgehead atoms. The Kier molecular flexibility index (Phi) is 6.88. The third-order valence-electron chi connectivity index (χ3n) is 6.56. The fraction of sp³-hybridized carbons (Fsp3) is 0.346. The molecule has 1 saturated heterocycles. The zero-order valence-electron chi connectivity index (χ0n) is 19.9. The second-order valence-electron chi connectivity index (χ2n) is 8.98. The lowest BCUT2D eigenvalue weighted by molar-refractivity contribution is -0.137. The number of imidazole rings is 1. The molecule has 2 aromatic carbocycles. The number of benzene rings is 2. The van der Waals surface area contributed by atoms with Gasteiger partial charge in [0.1, 0.15) is 5.82 Å². The summed E-state index contributed by atoms with van der Waals surface area (Å²) in [5.74, 6) is 1.59. The lowest BCUT2D eigenvalue weighted by Crippen LogP contribution is -2.47. The van der Waals surface area contributed by atoms with Crippen molar-refractivity contribution in [3.63, 3.8) is 0 Å². The normalized spacial score (nSPS) is 16.3. The predicted molar refractivity (Wildman–Crippen MR) is 128 cm³/mol. The van der Waals surface area contributed by atoms with Gasteiger partial charge in [-0.05, 0) is 24.6 Å². The average Bonchev–Trinajstić information content (AvgIpc) is 3.55. The van der Waals surface area contributed by atoms with E-state index in [2.05, 4.69) is 41.6 Å². The average molecular weight is 497 g/mol. The second-order valence-corrected chi connectivity index (χ2v) is 8.98. The summed E-state index contributed by atoms with van der Waals surface area (Å²) in [5.41, 5.74) is 0.780. The standard InChI is InChI=1S/C26H27F3N6O/c1-19(25-31-24(32-36-25)21-8-5-9-22(16-21)26(27,28)29)34-14-12-33(13-15-34)18-23-30-10-11-35(23)17-20-6-3-2-4-7-20/h2-11,16,19H,12-15,17-18H2,1H3. The number of piperazine rings is 1. The van der Waals surface area contributed by atoms with Crippen LogP contribution < -0.4 is 0 Å². The highest BCUT2D eigenvalue weighted by molar-refractivity contribution is 5.55. The number of hydrogen-bond donors (Lipinski definition) is 0. The van der Waals surface area contributed by atoms with Crippen LogP contribution in [-0.4, -0.2) is 55.7 Å². The van der Waals surface area contributed by atoms with Gasteiger partial charge >= 0.3 is 6.18 Å².